The van der Waals surface area contributed by atoms with Gasteiger partial charge in [-0.05, 0) is 65.8 Å². The first-order valence-corrected chi connectivity index (χ1v) is 10.8. The molecule has 2 heterocycles. The molecule has 4 nitrogen and oxygen atoms in total. The fourth-order valence-corrected chi connectivity index (χ4v) is 4.48. The highest BCUT2D eigenvalue weighted by molar-refractivity contribution is 7.08. The Labute approximate surface area is 168 Å². The molecule has 1 aliphatic carbocycles. The largest absolute Gasteiger partial charge is 0.345 e. The number of carbonyl (C=O) groups excluding carboxylic acids is 2. The van der Waals surface area contributed by atoms with Gasteiger partial charge in [0.25, 0.3) is 0 Å². The molecule has 142 valence electrons. The van der Waals surface area contributed by atoms with Crippen LogP contribution in [0.5, 0.6) is 0 Å². The van der Waals surface area contributed by atoms with Crippen LogP contribution in [0.4, 0.5) is 0 Å². The molecule has 2 amide bonds. The molecule has 1 unspecified atom stereocenters. The number of hydrogen-bond donors (Lipinski definition) is 1. The van der Waals surface area contributed by atoms with E-state index in [2.05, 4.69) is 10.7 Å². The Morgan fingerprint density at radius 2 is 1.70 bits per heavy atom. The highest BCUT2D eigenvalue weighted by Crippen LogP contribution is 2.33. The maximum absolute atomic E-state index is 12.9. The summed E-state index contributed by atoms with van der Waals surface area (Å²) >= 11 is 7.64. The maximum atomic E-state index is 12.9. The molecule has 2 aromatic rings. The molecule has 2 fully saturated rings. The van der Waals surface area contributed by atoms with E-state index in [1.54, 1.807) is 11.3 Å². The van der Waals surface area contributed by atoms with Crippen molar-refractivity contribution in [2.24, 2.45) is 11.8 Å². The number of thiophene rings is 1. The van der Waals surface area contributed by atoms with Gasteiger partial charge in [0.05, 0.1) is 6.04 Å². The number of nitrogens with zero attached hydrogens (tertiary/aromatic N) is 1. The van der Waals surface area contributed by atoms with Crippen LogP contribution in [-0.4, -0.2) is 29.8 Å². The summed E-state index contributed by atoms with van der Waals surface area (Å²) in [6, 6.07) is 9.49. The Morgan fingerprint density at radius 1 is 1.00 bits per heavy atom. The van der Waals surface area contributed by atoms with E-state index in [9.17, 15) is 9.59 Å². The first-order valence-electron chi connectivity index (χ1n) is 9.48. The zero-order chi connectivity index (χ0) is 18.8. The molecule has 0 radical (unpaired) electrons. The highest BCUT2D eigenvalue weighted by atomic mass is 35.5. The molecule has 6 heteroatoms. The summed E-state index contributed by atoms with van der Waals surface area (Å²) in [6.07, 6.45) is 3.54. The second-order valence-electron chi connectivity index (χ2n) is 7.42. The summed E-state index contributed by atoms with van der Waals surface area (Å²) in [4.78, 5) is 27.1. The summed E-state index contributed by atoms with van der Waals surface area (Å²) < 4.78 is 0. The third-order valence-electron chi connectivity index (χ3n) is 5.47. The molecular formula is C21H23ClN2O2S. The van der Waals surface area contributed by atoms with E-state index in [-0.39, 0.29) is 29.7 Å². The Hall–Kier alpha value is -1.85. The van der Waals surface area contributed by atoms with Gasteiger partial charge in [0, 0.05) is 29.9 Å². The third-order valence-corrected chi connectivity index (χ3v) is 6.42. The Bertz CT molecular complexity index is 794. The van der Waals surface area contributed by atoms with Crippen LogP contribution in [-0.2, 0) is 9.59 Å². The number of likely N-dealkylation sites (tertiary alicyclic amines) is 1. The Balaban J connectivity index is 1.41. The lowest BCUT2D eigenvalue weighted by Gasteiger charge is -2.32. The van der Waals surface area contributed by atoms with E-state index in [1.165, 1.54) is 0 Å². The minimum atomic E-state index is -0.174. The molecule has 1 aromatic heterocycles. The quantitative estimate of drug-likeness (QED) is 0.812. The topological polar surface area (TPSA) is 49.4 Å². The first-order chi connectivity index (χ1) is 13.1. The summed E-state index contributed by atoms with van der Waals surface area (Å²) in [5, 5.41) is 7.99. The minimum Gasteiger partial charge on any atom is -0.345 e. The molecule has 1 saturated heterocycles. The number of carbonyl (C=O) groups is 2. The lowest BCUT2D eigenvalue weighted by Crippen LogP contribution is -2.44. The van der Waals surface area contributed by atoms with Crippen molar-refractivity contribution in [3.05, 3.63) is 57.2 Å². The van der Waals surface area contributed by atoms with Crippen LogP contribution in [0.25, 0.3) is 0 Å². The van der Waals surface area contributed by atoms with Crippen molar-refractivity contribution < 1.29 is 9.59 Å². The number of benzene rings is 1. The first kappa shape index (κ1) is 18.5. The van der Waals surface area contributed by atoms with Crippen molar-refractivity contribution in [1.82, 2.24) is 10.2 Å². The molecule has 1 N–H and O–H groups in total. The molecule has 4 rings (SSSR count). The van der Waals surface area contributed by atoms with Gasteiger partial charge in [-0.15, -0.1) is 0 Å². The van der Waals surface area contributed by atoms with Gasteiger partial charge in [-0.1, -0.05) is 23.7 Å². The smallest absolute Gasteiger partial charge is 0.225 e. The van der Waals surface area contributed by atoms with Gasteiger partial charge in [-0.2, -0.15) is 11.3 Å². The van der Waals surface area contributed by atoms with Gasteiger partial charge < -0.3 is 10.2 Å². The summed E-state index contributed by atoms with van der Waals surface area (Å²) in [5.74, 6) is 0.566. The lowest BCUT2D eigenvalue weighted by molar-refractivity contribution is -0.136. The maximum Gasteiger partial charge on any atom is 0.225 e. The van der Waals surface area contributed by atoms with Gasteiger partial charge in [0.1, 0.15) is 0 Å². The average Bonchev–Trinajstić information content (AvgIpc) is 3.41. The third kappa shape index (κ3) is 4.36. The molecule has 1 atom stereocenters. The fourth-order valence-electron chi connectivity index (χ4n) is 3.66. The van der Waals surface area contributed by atoms with Crippen LogP contribution in [0, 0.1) is 11.8 Å². The van der Waals surface area contributed by atoms with Crippen molar-refractivity contribution in [3.63, 3.8) is 0 Å². The average molecular weight is 403 g/mol. The number of piperidine rings is 1. The van der Waals surface area contributed by atoms with Gasteiger partial charge in [0.2, 0.25) is 11.8 Å². The van der Waals surface area contributed by atoms with Crippen LogP contribution in [0.1, 0.15) is 42.9 Å². The SMILES string of the molecule is O=C(NC(c1ccc(Cl)cc1)c1ccsc1)C1CCN(C(=O)C2CC2)CC1. The molecule has 1 aromatic carbocycles. The molecule has 0 bridgehead atoms. The van der Waals surface area contributed by atoms with Crippen molar-refractivity contribution in [2.75, 3.05) is 13.1 Å². The van der Waals surface area contributed by atoms with Crippen LogP contribution < -0.4 is 5.32 Å². The van der Waals surface area contributed by atoms with Crippen LogP contribution >= 0.6 is 22.9 Å². The normalized spacial score (nSPS) is 18.9. The molecular weight excluding hydrogens is 380 g/mol. The predicted molar refractivity (Wildman–Crippen MR) is 108 cm³/mol. The Kier molecular flexibility index (Phi) is 5.50. The van der Waals surface area contributed by atoms with Crippen molar-refractivity contribution in [3.8, 4) is 0 Å². The summed E-state index contributed by atoms with van der Waals surface area (Å²) in [6.45, 7) is 1.38. The van der Waals surface area contributed by atoms with E-state index >= 15 is 0 Å². The highest BCUT2D eigenvalue weighted by Gasteiger charge is 2.36. The van der Waals surface area contributed by atoms with Gasteiger partial charge in [0.15, 0.2) is 0 Å². The molecule has 1 aliphatic heterocycles. The summed E-state index contributed by atoms with van der Waals surface area (Å²) in [5.41, 5.74) is 2.10. The number of rotatable bonds is 5. The van der Waals surface area contributed by atoms with Crippen molar-refractivity contribution >= 4 is 34.8 Å². The minimum absolute atomic E-state index is 0.0401. The fraction of sp³-hybridized carbons (Fsp3) is 0.429. The van der Waals surface area contributed by atoms with Crippen LogP contribution in [0.3, 0.4) is 0 Å². The van der Waals surface area contributed by atoms with E-state index in [0.717, 1.165) is 36.8 Å². The predicted octanol–water partition coefficient (Wildman–Crippen LogP) is 4.26. The van der Waals surface area contributed by atoms with Crippen LogP contribution in [0.2, 0.25) is 5.02 Å². The van der Waals surface area contributed by atoms with Crippen molar-refractivity contribution in [1.29, 1.82) is 0 Å². The second-order valence-corrected chi connectivity index (χ2v) is 8.64. The monoisotopic (exact) mass is 402 g/mol. The molecule has 27 heavy (non-hydrogen) atoms. The van der Waals surface area contributed by atoms with Crippen LogP contribution in [0.15, 0.2) is 41.1 Å². The number of hydrogen-bond acceptors (Lipinski definition) is 3. The van der Waals surface area contributed by atoms with E-state index < -0.39 is 0 Å². The lowest BCUT2D eigenvalue weighted by atomic mass is 9.94. The number of amides is 2. The van der Waals surface area contributed by atoms with Gasteiger partial charge >= 0.3 is 0 Å². The summed E-state index contributed by atoms with van der Waals surface area (Å²) in [7, 11) is 0. The second kappa shape index (κ2) is 8.03. The Morgan fingerprint density at radius 3 is 2.30 bits per heavy atom. The zero-order valence-electron chi connectivity index (χ0n) is 15.1. The van der Waals surface area contributed by atoms with E-state index in [1.807, 2.05) is 40.6 Å². The van der Waals surface area contributed by atoms with Crippen molar-refractivity contribution in [2.45, 2.75) is 31.7 Å². The zero-order valence-corrected chi connectivity index (χ0v) is 16.6. The van der Waals surface area contributed by atoms with Gasteiger partial charge in [-0.3, -0.25) is 9.59 Å². The molecule has 1 saturated carbocycles. The molecule has 0 spiro atoms. The number of halogens is 1. The van der Waals surface area contributed by atoms with E-state index in [4.69, 9.17) is 11.6 Å². The molecule has 2 aliphatic rings. The standard InChI is InChI=1S/C21H23ClN2O2S/c22-18-5-3-14(4-6-18)19(17-9-12-27-13-17)23-20(25)15-7-10-24(11-8-15)21(26)16-1-2-16/h3-6,9,12-13,15-16,19H,1-2,7-8,10-11H2,(H,23,25). The number of nitrogens with one attached hydrogen (secondary N) is 1. The van der Waals surface area contributed by atoms with E-state index in [0.29, 0.717) is 18.1 Å². The van der Waals surface area contributed by atoms with Gasteiger partial charge in [-0.25, -0.2) is 0 Å².